The van der Waals surface area contributed by atoms with E-state index in [0.29, 0.717) is 34.5 Å². The molecule has 0 saturated heterocycles. The van der Waals surface area contributed by atoms with Crippen LogP contribution in [0.4, 0.5) is 10.8 Å². The number of nitrogens with zero attached hydrogens (tertiary/aromatic N) is 3. The van der Waals surface area contributed by atoms with Crippen molar-refractivity contribution in [1.82, 2.24) is 4.98 Å². The van der Waals surface area contributed by atoms with E-state index in [1.165, 1.54) is 30.7 Å². The SMILES string of the molecule is CCOc1cc(/C=N\Nc2nc(-c3ccc(OC)cc3OC)cs2)cc([N+](=O)[O-])c1OC. The zero-order chi connectivity index (χ0) is 23.1. The van der Waals surface area contributed by atoms with Crippen LogP contribution >= 0.6 is 11.3 Å². The summed E-state index contributed by atoms with van der Waals surface area (Å²) < 4.78 is 21.3. The molecule has 1 aromatic heterocycles. The summed E-state index contributed by atoms with van der Waals surface area (Å²) >= 11 is 1.36. The van der Waals surface area contributed by atoms with Crippen LogP contribution in [-0.4, -0.2) is 44.1 Å². The third-order valence-electron chi connectivity index (χ3n) is 4.32. The van der Waals surface area contributed by atoms with Crippen molar-refractivity contribution >= 4 is 28.4 Å². The molecule has 0 amide bonds. The Kier molecular flexibility index (Phi) is 7.45. The third kappa shape index (κ3) is 5.06. The summed E-state index contributed by atoms with van der Waals surface area (Å²) in [6.45, 7) is 2.12. The number of thiazole rings is 1. The molecule has 3 aromatic rings. The first-order valence-corrected chi connectivity index (χ1v) is 10.3. The van der Waals surface area contributed by atoms with Gasteiger partial charge in [-0.2, -0.15) is 5.10 Å². The van der Waals surface area contributed by atoms with Crippen LogP contribution in [0, 0.1) is 10.1 Å². The lowest BCUT2D eigenvalue weighted by Crippen LogP contribution is -2.01. The van der Waals surface area contributed by atoms with Gasteiger partial charge in [0, 0.05) is 28.6 Å². The van der Waals surface area contributed by atoms with E-state index in [0.717, 1.165) is 5.56 Å². The fourth-order valence-electron chi connectivity index (χ4n) is 2.91. The molecule has 2 aromatic carbocycles. The maximum atomic E-state index is 11.4. The van der Waals surface area contributed by atoms with E-state index in [1.807, 2.05) is 17.5 Å². The van der Waals surface area contributed by atoms with Gasteiger partial charge in [0.1, 0.15) is 11.5 Å². The Hall–Kier alpha value is -3.86. The van der Waals surface area contributed by atoms with Crippen molar-refractivity contribution in [2.45, 2.75) is 6.92 Å². The van der Waals surface area contributed by atoms with Gasteiger partial charge in [-0.05, 0) is 25.1 Å². The second-order valence-corrected chi connectivity index (χ2v) is 7.09. The lowest BCUT2D eigenvalue weighted by molar-refractivity contribution is -0.385. The number of ether oxygens (including phenoxy) is 4. The molecule has 1 heterocycles. The van der Waals surface area contributed by atoms with Crippen molar-refractivity contribution < 1.29 is 23.9 Å². The Morgan fingerprint density at radius 3 is 2.62 bits per heavy atom. The topological polar surface area (TPSA) is 117 Å². The van der Waals surface area contributed by atoms with Crippen molar-refractivity contribution in [2.75, 3.05) is 33.4 Å². The molecular formula is C21H22N4O6S. The summed E-state index contributed by atoms with van der Waals surface area (Å²) in [7, 11) is 4.53. The number of methoxy groups -OCH3 is 3. The standard InChI is InChI=1S/C21H22N4O6S/c1-5-31-19-9-13(8-17(25(26)27)20(19)30-4)11-22-24-21-23-16(12-32-21)15-7-6-14(28-2)10-18(15)29-3/h6-12H,5H2,1-4H3,(H,23,24)/b22-11-. The minimum absolute atomic E-state index is 0.0694. The fourth-order valence-corrected chi connectivity index (χ4v) is 3.57. The summed E-state index contributed by atoms with van der Waals surface area (Å²) in [6.07, 6.45) is 1.45. The van der Waals surface area contributed by atoms with Gasteiger partial charge in [0.25, 0.3) is 0 Å². The van der Waals surface area contributed by atoms with Gasteiger partial charge >= 0.3 is 5.69 Å². The van der Waals surface area contributed by atoms with E-state index in [9.17, 15) is 10.1 Å². The van der Waals surface area contributed by atoms with E-state index in [4.69, 9.17) is 18.9 Å². The number of hydrogen-bond donors (Lipinski definition) is 1. The molecule has 32 heavy (non-hydrogen) atoms. The molecule has 0 fully saturated rings. The molecule has 11 heteroatoms. The van der Waals surface area contributed by atoms with Crippen molar-refractivity contribution in [3.63, 3.8) is 0 Å². The average Bonchev–Trinajstić information content (AvgIpc) is 3.27. The number of benzene rings is 2. The predicted molar refractivity (Wildman–Crippen MR) is 123 cm³/mol. The quantitative estimate of drug-likeness (QED) is 0.266. The van der Waals surface area contributed by atoms with E-state index in [2.05, 4.69) is 15.5 Å². The van der Waals surface area contributed by atoms with Crippen molar-refractivity contribution in [1.29, 1.82) is 0 Å². The lowest BCUT2D eigenvalue weighted by Gasteiger charge is -2.10. The Labute approximate surface area is 188 Å². The van der Waals surface area contributed by atoms with Crippen LogP contribution < -0.4 is 24.4 Å². The number of rotatable bonds is 10. The average molecular weight is 458 g/mol. The van der Waals surface area contributed by atoms with Gasteiger partial charge in [-0.1, -0.05) is 0 Å². The number of hydrazone groups is 1. The molecule has 0 bridgehead atoms. The number of hydrogen-bond acceptors (Lipinski definition) is 10. The summed E-state index contributed by atoms with van der Waals surface area (Å²) in [5.74, 6) is 1.66. The highest BCUT2D eigenvalue weighted by Crippen LogP contribution is 2.38. The van der Waals surface area contributed by atoms with Crippen molar-refractivity contribution in [2.24, 2.45) is 5.10 Å². The molecular weight excluding hydrogens is 436 g/mol. The Balaban J connectivity index is 1.80. The largest absolute Gasteiger partial charge is 0.497 e. The van der Waals surface area contributed by atoms with Crippen LogP contribution in [0.2, 0.25) is 0 Å². The predicted octanol–water partition coefficient (Wildman–Crippen LogP) is 4.59. The van der Waals surface area contributed by atoms with Crippen LogP contribution in [-0.2, 0) is 0 Å². The molecule has 1 N–H and O–H groups in total. The Bertz CT molecular complexity index is 1130. The van der Waals surface area contributed by atoms with Crippen LogP contribution in [0.1, 0.15) is 12.5 Å². The molecule has 3 rings (SSSR count). The molecule has 0 unspecified atom stereocenters. The summed E-state index contributed by atoms with van der Waals surface area (Å²) in [4.78, 5) is 15.4. The second kappa shape index (κ2) is 10.4. The highest BCUT2D eigenvalue weighted by Gasteiger charge is 2.21. The van der Waals surface area contributed by atoms with E-state index in [-0.39, 0.29) is 17.2 Å². The molecule has 10 nitrogen and oxygen atoms in total. The fraction of sp³-hybridized carbons (Fsp3) is 0.238. The zero-order valence-electron chi connectivity index (χ0n) is 17.9. The van der Waals surface area contributed by atoms with Gasteiger partial charge in [0.2, 0.25) is 10.9 Å². The monoisotopic (exact) mass is 458 g/mol. The van der Waals surface area contributed by atoms with Crippen LogP contribution in [0.15, 0.2) is 40.8 Å². The van der Waals surface area contributed by atoms with Gasteiger partial charge in [0.15, 0.2) is 5.75 Å². The highest BCUT2D eigenvalue weighted by molar-refractivity contribution is 7.14. The van der Waals surface area contributed by atoms with E-state index in [1.54, 1.807) is 33.3 Å². The first kappa shape index (κ1) is 22.8. The smallest absolute Gasteiger partial charge is 0.315 e. The first-order chi connectivity index (χ1) is 15.5. The van der Waals surface area contributed by atoms with Gasteiger partial charge in [-0.3, -0.25) is 15.5 Å². The third-order valence-corrected chi connectivity index (χ3v) is 5.07. The minimum Gasteiger partial charge on any atom is -0.497 e. The molecule has 0 aliphatic heterocycles. The molecule has 0 atom stereocenters. The molecule has 0 radical (unpaired) electrons. The maximum absolute atomic E-state index is 11.4. The van der Waals surface area contributed by atoms with Gasteiger partial charge < -0.3 is 18.9 Å². The summed E-state index contributed by atoms with van der Waals surface area (Å²) in [6, 6.07) is 8.46. The molecule has 0 spiro atoms. The Morgan fingerprint density at radius 1 is 1.16 bits per heavy atom. The van der Waals surface area contributed by atoms with Gasteiger partial charge in [0.05, 0.1) is 44.8 Å². The molecule has 0 saturated carbocycles. The number of anilines is 1. The number of nitro groups is 1. The summed E-state index contributed by atoms with van der Waals surface area (Å²) in [5, 5.41) is 18.0. The zero-order valence-corrected chi connectivity index (χ0v) is 18.8. The number of nitrogens with one attached hydrogen (secondary N) is 1. The number of aromatic nitrogens is 1. The molecule has 168 valence electrons. The van der Waals surface area contributed by atoms with Gasteiger partial charge in [-0.25, -0.2) is 4.98 Å². The molecule has 0 aliphatic carbocycles. The maximum Gasteiger partial charge on any atom is 0.315 e. The normalized spacial score (nSPS) is 10.8. The number of nitro benzene ring substituents is 1. The first-order valence-electron chi connectivity index (χ1n) is 9.46. The van der Waals surface area contributed by atoms with Gasteiger partial charge in [-0.15, -0.1) is 11.3 Å². The summed E-state index contributed by atoms with van der Waals surface area (Å²) in [5.41, 5.74) is 4.64. The molecule has 0 aliphatic rings. The van der Waals surface area contributed by atoms with Crippen molar-refractivity contribution in [3.05, 3.63) is 51.4 Å². The highest BCUT2D eigenvalue weighted by atomic mass is 32.1. The van der Waals surface area contributed by atoms with E-state index < -0.39 is 4.92 Å². The van der Waals surface area contributed by atoms with Crippen molar-refractivity contribution in [3.8, 4) is 34.3 Å². The second-order valence-electron chi connectivity index (χ2n) is 6.24. The lowest BCUT2D eigenvalue weighted by atomic mass is 10.1. The van der Waals surface area contributed by atoms with E-state index >= 15 is 0 Å². The Morgan fingerprint density at radius 2 is 1.97 bits per heavy atom. The van der Waals surface area contributed by atoms with Crippen LogP contribution in [0.25, 0.3) is 11.3 Å². The minimum atomic E-state index is -0.526. The van der Waals surface area contributed by atoms with Crippen LogP contribution in [0.3, 0.4) is 0 Å². The van der Waals surface area contributed by atoms with Crippen LogP contribution in [0.5, 0.6) is 23.0 Å².